The molecule has 22 heavy (non-hydrogen) atoms. The number of fused-ring (bicyclic) bond motifs is 1. The fraction of sp³-hybridized carbons (Fsp3) is 0.188. The van der Waals surface area contributed by atoms with Crippen LogP contribution >= 0.6 is 0 Å². The first-order chi connectivity index (χ1) is 10.7. The number of nitrogens with one attached hydrogen (secondary N) is 2. The van der Waals surface area contributed by atoms with Gasteiger partial charge in [0, 0.05) is 18.2 Å². The number of pyridine rings is 1. The molecule has 2 heterocycles. The SMILES string of the molecule is COc1ccc(C(=O)CC2Nc3cccnc3NC2=O)cc1. The van der Waals surface area contributed by atoms with E-state index in [-0.39, 0.29) is 18.1 Å². The van der Waals surface area contributed by atoms with Crippen molar-refractivity contribution in [3.8, 4) is 5.75 Å². The van der Waals surface area contributed by atoms with Gasteiger partial charge in [-0.1, -0.05) is 0 Å². The molecule has 1 aliphatic rings. The van der Waals surface area contributed by atoms with Gasteiger partial charge in [-0.3, -0.25) is 9.59 Å². The molecule has 1 aromatic carbocycles. The van der Waals surface area contributed by atoms with E-state index in [0.29, 0.717) is 17.1 Å². The highest BCUT2D eigenvalue weighted by atomic mass is 16.5. The van der Waals surface area contributed by atoms with Crippen molar-refractivity contribution < 1.29 is 14.3 Å². The summed E-state index contributed by atoms with van der Waals surface area (Å²) in [5, 5.41) is 5.75. The van der Waals surface area contributed by atoms with Crippen molar-refractivity contribution in [1.82, 2.24) is 4.98 Å². The Morgan fingerprint density at radius 3 is 2.77 bits per heavy atom. The fourth-order valence-corrected chi connectivity index (χ4v) is 2.30. The molecule has 1 aromatic heterocycles. The molecule has 0 aliphatic carbocycles. The average molecular weight is 297 g/mol. The number of rotatable bonds is 4. The minimum atomic E-state index is -0.605. The zero-order valence-electron chi connectivity index (χ0n) is 12.0. The molecule has 6 heteroatoms. The number of ketones is 1. The Morgan fingerprint density at radius 1 is 1.27 bits per heavy atom. The van der Waals surface area contributed by atoms with Crippen LogP contribution in [0.3, 0.4) is 0 Å². The third-order valence-electron chi connectivity index (χ3n) is 3.50. The molecular weight excluding hydrogens is 282 g/mol. The van der Waals surface area contributed by atoms with Crippen LogP contribution in [0.25, 0.3) is 0 Å². The summed E-state index contributed by atoms with van der Waals surface area (Å²) in [5.74, 6) is 0.807. The summed E-state index contributed by atoms with van der Waals surface area (Å²) < 4.78 is 5.06. The largest absolute Gasteiger partial charge is 0.497 e. The van der Waals surface area contributed by atoms with Crippen molar-refractivity contribution in [3.05, 3.63) is 48.2 Å². The lowest BCUT2D eigenvalue weighted by atomic mass is 10.0. The molecular formula is C16H15N3O3. The number of nitrogens with zero attached hydrogens (tertiary/aromatic N) is 1. The Balaban J connectivity index is 1.72. The number of carbonyl (C=O) groups is 2. The summed E-state index contributed by atoms with van der Waals surface area (Å²) in [6, 6.07) is 9.81. The molecule has 0 radical (unpaired) electrons. The number of carbonyl (C=O) groups excluding carboxylic acids is 2. The first kappa shape index (κ1) is 14.1. The minimum Gasteiger partial charge on any atom is -0.497 e. The molecule has 0 saturated heterocycles. The van der Waals surface area contributed by atoms with Gasteiger partial charge in [0.25, 0.3) is 0 Å². The van der Waals surface area contributed by atoms with Gasteiger partial charge in [-0.15, -0.1) is 0 Å². The summed E-state index contributed by atoms with van der Waals surface area (Å²) in [4.78, 5) is 28.4. The molecule has 0 fully saturated rings. The fourth-order valence-electron chi connectivity index (χ4n) is 2.30. The van der Waals surface area contributed by atoms with E-state index in [1.54, 1.807) is 43.6 Å². The predicted molar refractivity (Wildman–Crippen MR) is 82.2 cm³/mol. The number of anilines is 2. The van der Waals surface area contributed by atoms with Crippen LogP contribution in [-0.2, 0) is 4.79 Å². The molecule has 1 unspecified atom stereocenters. The molecule has 1 atom stereocenters. The zero-order valence-corrected chi connectivity index (χ0v) is 12.0. The number of aromatic nitrogens is 1. The van der Waals surface area contributed by atoms with Gasteiger partial charge in [0.1, 0.15) is 11.8 Å². The van der Waals surface area contributed by atoms with Crippen molar-refractivity contribution >= 4 is 23.2 Å². The molecule has 0 spiro atoms. The van der Waals surface area contributed by atoms with Gasteiger partial charge < -0.3 is 15.4 Å². The standard InChI is InChI=1S/C16H15N3O3/c1-22-11-6-4-10(5-7-11)14(20)9-13-16(21)19-15-12(18-13)3-2-8-17-15/h2-8,13,18H,9H2,1H3,(H,17,19,21). The molecule has 6 nitrogen and oxygen atoms in total. The Morgan fingerprint density at radius 2 is 2.05 bits per heavy atom. The first-order valence-electron chi connectivity index (χ1n) is 6.87. The van der Waals surface area contributed by atoms with E-state index in [1.165, 1.54) is 0 Å². The lowest BCUT2D eigenvalue weighted by Gasteiger charge is -2.25. The van der Waals surface area contributed by atoms with Gasteiger partial charge in [-0.05, 0) is 36.4 Å². The third-order valence-corrected chi connectivity index (χ3v) is 3.50. The van der Waals surface area contributed by atoms with Crippen LogP contribution < -0.4 is 15.4 Å². The van der Waals surface area contributed by atoms with Crippen LogP contribution in [0.4, 0.5) is 11.5 Å². The van der Waals surface area contributed by atoms with E-state index in [0.717, 1.165) is 5.69 Å². The number of benzene rings is 1. The molecule has 1 amide bonds. The number of ether oxygens (including phenoxy) is 1. The van der Waals surface area contributed by atoms with Crippen LogP contribution in [0.2, 0.25) is 0 Å². The van der Waals surface area contributed by atoms with E-state index in [9.17, 15) is 9.59 Å². The maximum absolute atomic E-state index is 12.3. The van der Waals surface area contributed by atoms with Gasteiger partial charge in [-0.25, -0.2) is 4.98 Å². The highest BCUT2D eigenvalue weighted by Gasteiger charge is 2.28. The normalized spacial score (nSPS) is 16.2. The molecule has 3 rings (SSSR count). The van der Waals surface area contributed by atoms with Gasteiger partial charge in [0.2, 0.25) is 5.91 Å². The second-order valence-electron chi connectivity index (χ2n) is 4.94. The Kier molecular flexibility index (Phi) is 3.74. The van der Waals surface area contributed by atoms with E-state index >= 15 is 0 Å². The lowest BCUT2D eigenvalue weighted by molar-refractivity contribution is -0.117. The second kappa shape index (κ2) is 5.85. The quantitative estimate of drug-likeness (QED) is 0.845. The summed E-state index contributed by atoms with van der Waals surface area (Å²) >= 11 is 0. The van der Waals surface area contributed by atoms with Crippen molar-refractivity contribution in [1.29, 1.82) is 0 Å². The maximum Gasteiger partial charge on any atom is 0.248 e. The number of amides is 1. The summed E-state index contributed by atoms with van der Waals surface area (Å²) in [7, 11) is 1.57. The Labute approximate surface area is 127 Å². The van der Waals surface area contributed by atoms with Gasteiger partial charge in [-0.2, -0.15) is 0 Å². The van der Waals surface area contributed by atoms with Crippen molar-refractivity contribution in [2.75, 3.05) is 17.7 Å². The smallest absolute Gasteiger partial charge is 0.248 e. The van der Waals surface area contributed by atoms with Gasteiger partial charge in [0.15, 0.2) is 11.6 Å². The second-order valence-corrected chi connectivity index (χ2v) is 4.94. The van der Waals surface area contributed by atoms with Crippen LogP contribution in [0, 0.1) is 0 Å². The van der Waals surface area contributed by atoms with Crippen molar-refractivity contribution in [2.24, 2.45) is 0 Å². The summed E-state index contributed by atoms with van der Waals surface area (Å²) in [6.07, 6.45) is 1.68. The number of Topliss-reactive ketones (excluding diaryl/α,β-unsaturated/α-hetero) is 1. The summed E-state index contributed by atoms with van der Waals surface area (Å²) in [5.41, 5.74) is 1.27. The number of hydrogen-bond donors (Lipinski definition) is 2. The van der Waals surface area contributed by atoms with Crippen LogP contribution in [0.5, 0.6) is 5.75 Å². The molecule has 2 aromatic rings. The molecule has 112 valence electrons. The highest BCUT2D eigenvalue weighted by Crippen LogP contribution is 2.25. The van der Waals surface area contributed by atoms with E-state index in [1.807, 2.05) is 6.07 Å². The zero-order chi connectivity index (χ0) is 15.5. The summed E-state index contributed by atoms with van der Waals surface area (Å²) in [6.45, 7) is 0. The minimum absolute atomic E-state index is 0.0759. The number of methoxy groups -OCH3 is 1. The molecule has 0 saturated carbocycles. The van der Waals surface area contributed by atoms with Crippen LogP contribution in [-0.4, -0.2) is 29.8 Å². The van der Waals surface area contributed by atoms with E-state index in [4.69, 9.17) is 4.74 Å². The maximum atomic E-state index is 12.3. The molecule has 2 N–H and O–H groups in total. The van der Waals surface area contributed by atoms with E-state index in [2.05, 4.69) is 15.6 Å². The predicted octanol–water partition coefficient (Wildman–Crippen LogP) is 2.10. The van der Waals surface area contributed by atoms with Crippen molar-refractivity contribution in [2.45, 2.75) is 12.5 Å². The monoisotopic (exact) mass is 297 g/mol. The molecule has 0 bridgehead atoms. The number of hydrogen-bond acceptors (Lipinski definition) is 5. The van der Waals surface area contributed by atoms with Crippen LogP contribution in [0.15, 0.2) is 42.6 Å². The average Bonchev–Trinajstić information content (AvgIpc) is 2.55. The topological polar surface area (TPSA) is 80.3 Å². The van der Waals surface area contributed by atoms with Gasteiger partial charge >= 0.3 is 0 Å². The third kappa shape index (κ3) is 2.76. The highest BCUT2D eigenvalue weighted by molar-refractivity contribution is 6.06. The van der Waals surface area contributed by atoms with Gasteiger partial charge in [0.05, 0.1) is 12.8 Å². The molecule has 1 aliphatic heterocycles. The Hall–Kier alpha value is -2.89. The van der Waals surface area contributed by atoms with Crippen molar-refractivity contribution in [3.63, 3.8) is 0 Å². The Bertz CT molecular complexity index is 713. The first-order valence-corrected chi connectivity index (χ1v) is 6.87. The lowest BCUT2D eigenvalue weighted by Crippen LogP contribution is -2.40. The van der Waals surface area contributed by atoms with E-state index < -0.39 is 6.04 Å². The van der Waals surface area contributed by atoms with Crippen LogP contribution in [0.1, 0.15) is 16.8 Å².